The van der Waals surface area contributed by atoms with Crippen molar-refractivity contribution in [3.05, 3.63) is 63.0 Å². The lowest BCUT2D eigenvalue weighted by atomic mass is 9.93. The summed E-state index contributed by atoms with van der Waals surface area (Å²) in [5.74, 6) is 0.313. The number of rotatable bonds is 3. The number of aromatic nitrogens is 4. The van der Waals surface area contributed by atoms with Crippen LogP contribution in [0.2, 0.25) is 0 Å². The molecule has 1 N–H and O–H groups in total. The molecule has 1 amide bonds. The van der Waals surface area contributed by atoms with E-state index in [9.17, 15) is 9.59 Å². The second-order valence-corrected chi connectivity index (χ2v) is 9.32. The molecule has 8 nitrogen and oxygen atoms in total. The smallest absolute Gasteiger partial charge is 0.277 e. The maximum absolute atomic E-state index is 13.2. The maximum Gasteiger partial charge on any atom is 0.277 e. The zero-order valence-corrected chi connectivity index (χ0v) is 19.0. The van der Waals surface area contributed by atoms with Gasteiger partial charge in [0.2, 0.25) is 0 Å². The van der Waals surface area contributed by atoms with Crippen LogP contribution in [-0.2, 0) is 13.0 Å². The Morgan fingerprint density at radius 3 is 2.66 bits per heavy atom. The van der Waals surface area contributed by atoms with Crippen molar-refractivity contribution >= 4 is 11.6 Å². The third kappa shape index (κ3) is 3.72. The van der Waals surface area contributed by atoms with Gasteiger partial charge in [-0.2, -0.15) is 0 Å². The minimum absolute atomic E-state index is 0.0149. The van der Waals surface area contributed by atoms with Gasteiger partial charge in [0.1, 0.15) is 0 Å². The number of piperidine rings is 1. The molecule has 0 unspecified atom stereocenters. The minimum atomic E-state index is 0.0149. The molecule has 5 rings (SSSR count). The molecule has 168 valence electrons. The predicted octanol–water partition coefficient (Wildman–Crippen LogP) is 2.51. The highest BCUT2D eigenvalue weighted by Crippen LogP contribution is 2.28. The van der Waals surface area contributed by atoms with Crippen LogP contribution in [0.5, 0.6) is 0 Å². The van der Waals surface area contributed by atoms with Crippen LogP contribution in [0.1, 0.15) is 65.6 Å². The number of nitrogens with one attached hydrogen (secondary N) is 1. The number of aryl methyl sites for hydroxylation is 1. The highest BCUT2D eigenvalue weighted by atomic mass is 16.2. The maximum atomic E-state index is 13.2. The molecule has 1 fully saturated rings. The summed E-state index contributed by atoms with van der Waals surface area (Å²) in [6.45, 7) is 9.21. The lowest BCUT2D eigenvalue weighted by Crippen LogP contribution is -2.40. The molecule has 0 bridgehead atoms. The van der Waals surface area contributed by atoms with E-state index in [0.29, 0.717) is 36.9 Å². The normalized spacial score (nSPS) is 17.8. The lowest BCUT2D eigenvalue weighted by Gasteiger charge is -2.31. The monoisotopic (exact) mass is 434 g/mol. The van der Waals surface area contributed by atoms with Gasteiger partial charge in [-0.05, 0) is 45.7 Å². The van der Waals surface area contributed by atoms with Gasteiger partial charge in [-0.3, -0.25) is 24.6 Å². The van der Waals surface area contributed by atoms with Gasteiger partial charge in [0.05, 0.1) is 16.8 Å². The Labute approximate surface area is 187 Å². The van der Waals surface area contributed by atoms with Gasteiger partial charge in [-0.15, -0.1) is 0 Å². The first-order valence-electron chi connectivity index (χ1n) is 11.5. The van der Waals surface area contributed by atoms with Crippen LogP contribution in [0.4, 0.5) is 0 Å². The second kappa shape index (κ2) is 8.16. The van der Waals surface area contributed by atoms with E-state index in [4.69, 9.17) is 4.98 Å². The van der Waals surface area contributed by atoms with Gasteiger partial charge in [0.25, 0.3) is 11.5 Å². The summed E-state index contributed by atoms with van der Waals surface area (Å²) < 4.78 is 1.60. The van der Waals surface area contributed by atoms with E-state index < -0.39 is 0 Å². The van der Waals surface area contributed by atoms with Crippen molar-refractivity contribution in [3.63, 3.8) is 0 Å². The largest absolute Gasteiger partial charge is 0.339 e. The Hall–Kier alpha value is -3.00. The number of carbonyl (C=O) groups excluding carboxylic acids is 1. The summed E-state index contributed by atoms with van der Waals surface area (Å²) in [5, 5.41) is 3.32. The summed E-state index contributed by atoms with van der Waals surface area (Å²) in [7, 11) is 0. The van der Waals surface area contributed by atoms with E-state index in [1.54, 1.807) is 10.7 Å². The van der Waals surface area contributed by atoms with E-state index in [-0.39, 0.29) is 17.4 Å². The SMILES string of the molecule is Cc1ccc(C(=O)N2CCC(c3cc4nc5c(c(=O)n4[nH]3)CN(C(C)C)CC5)CC2)cn1. The van der Waals surface area contributed by atoms with Gasteiger partial charge in [-0.25, -0.2) is 9.50 Å². The van der Waals surface area contributed by atoms with Gasteiger partial charge in [0, 0.05) is 68.2 Å². The van der Waals surface area contributed by atoms with E-state index in [1.165, 1.54) is 0 Å². The predicted molar refractivity (Wildman–Crippen MR) is 122 cm³/mol. The average Bonchev–Trinajstić information content (AvgIpc) is 3.23. The first-order chi connectivity index (χ1) is 15.4. The van der Waals surface area contributed by atoms with Crippen LogP contribution in [0, 0.1) is 6.92 Å². The third-order valence-corrected chi connectivity index (χ3v) is 6.92. The molecule has 2 aliphatic heterocycles. The molecular weight excluding hydrogens is 404 g/mol. The Kier molecular flexibility index (Phi) is 5.33. The number of amides is 1. The summed E-state index contributed by atoms with van der Waals surface area (Å²) in [6.07, 6.45) is 4.18. The van der Waals surface area contributed by atoms with E-state index in [1.807, 2.05) is 30.0 Å². The molecule has 2 aliphatic rings. The van der Waals surface area contributed by atoms with Crippen molar-refractivity contribution in [2.24, 2.45) is 0 Å². The van der Waals surface area contributed by atoms with Crippen molar-refractivity contribution in [1.29, 1.82) is 0 Å². The van der Waals surface area contributed by atoms with Gasteiger partial charge < -0.3 is 4.90 Å². The molecule has 0 spiro atoms. The molecule has 0 atom stereocenters. The first-order valence-corrected chi connectivity index (χ1v) is 11.5. The number of aromatic amines is 1. The van der Waals surface area contributed by atoms with Crippen LogP contribution in [0.3, 0.4) is 0 Å². The zero-order valence-electron chi connectivity index (χ0n) is 19.0. The Morgan fingerprint density at radius 2 is 1.97 bits per heavy atom. The number of nitrogens with zero attached hydrogens (tertiary/aromatic N) is 5. The molecule has 32 heavy (non-hydrogen) atoms. The molecule has 3 aromatic rings. The quantitative estimate of drug-likeness (QED) is 0.685. The standard InChI is InChI=1S/C24H30N6O2/c1-15(2)29-11-8-20-19(14-29)24(32)30-22(26-20)12-21(27-30)17-6-9-28(10-7-17)23(31)18-5-4-16(3)25-13-18/h4-5,12-13,15,17,27H,6-11,14H2,1-3H3. The third-order valence-electron chi connectivity index (χ3n) is 6.92. The summed E-state index contributed by atoms with van der Waals surface area (Å²) in [4.78, 5) is 39.2. The topological polar surface area (TPSA) is 86.6 Å². The number of likely N-dealkylation sites (tertiary alicyclic amines) is 1. The highest BCUT2D eigenvalue weighted by Gasteiger charge is 2.28. The van der Waals surface area contributed by atoms with Crippen molar-refractivity contribution in [1.82, 2.24) is 29.4 Å². The fourth-order valence-electron chi connectivity index (χ4n) is 4.84. The van der Waals surface area contributed by atoms with Gasteiger partial charge >= 0.3 is 0 Å². The summed E-state index contributed by atoms with van der Waals surface area (Å²) >= 11 is 0. The van der Waals surface area contributed by atoms with Crippen LogP contribution in [-0.4, -0.2) is 61.0 Å². The summed E-state index contributed by atoms with van der Waals surface area (Å²) in [5.41, 5.74) is 5.03. The van der Waals surface area contributed by atoms with Crippen molar-refractivity contribution in [2.75, 3.05) is 19.6 Å². The number of carbonyl (C=O) groups is 1. The Bertz CT molecular complexity index is 1200. The minimum Gasteiger partial charge on any atom is -0.339 e. The van der Waals surface area contributed by atoms with Crippen LogP contribution in [0.25, 0.3) is 5.65 Å². The Morgan fingerprint density at radius 1 is 1.19 bits per heavy atom. The van der Waals surface area contributed by atoms with Crippen molar-refractivity contribution < 1.29 is 4.79 Å². The number of pyridine rings is 1. The molecule has 3 aromatic heterocycles. The molecule has 1 saturated heterocycles. The second-order valence-electron chi connectivity index (χ2n) is 9.32. The van der Waals surface area contributed by atoms with Crippen LogP contribution in [0.15, 0.2) is 29.2 Å². The number of fused-ring (bicyclic) bond motifs is 2. The molecular formula is C24H30N6O2. The van der Waals surface area contributed by atoms with Gasteiger partial charge in [-0.1, -0.05) is 0 Å². The molecule has 5 heterocycles. The molecule has 8 heteroatoms. The van der Waals surface area contributed by atoms with E-state index >= 15 is 0 Å². The zero-order chi connectivity index (χ0) is 22.4. The van der Waals surface area contributed by atoms with Crippen molar-refractivity contribution in [2.45, 2.75) is 58.5 Å². The number of hydrogen-bond donors (Lipinski definition) is 1. The summed E-state index contributed by atoms with van der Waals surface area (Å²) in [6, 6.07) is 6.14. The molecule has 0 radical (unpaired) electrons. The van der Waals surface area contributed by atoms with E-state index in [2.05, 4.69) is 28.8 Å². The van der Waals surface area contributed by atoms with Crippen molar-refractivity contribution in [3.8, 4) is 0 Å². The molecule has 0 aliphatic carbocycles. The van der Waals surface area contributed by atoms with Gasteiger partial charge in [0.15, 0.2) is 5.65 Å². The fraction of sp³-hybridized carbons (Fsp3) is 0.500. The molecule has 0 saturated carbocycles. The lowest BCUT2D eigenvalue weighted by molar-refractivity contribution is 0.0711. The number of hydrogen-bond acceptors (Lipinski definition) is 5. The fourth-order valence-corrected chi connectivity index (χ4v) is 4.84. The molecule has 0 aromatic carbocycles. The average molecular weight is 435 g/mol. The van der Waals surface area contributed by atoms with Crippen LogP contribution < -0.4 is 5.56 Å². The van der Waals surface area contributed by atoms with E-state index in [0.717, 1.165) is 48.5 Å². The number of H-pyrrole nitrogens is 1. The van der Waals surface area contributed by atoms with Crippen LogP contribution >= 0.6 is 0 Å². The first kappa shape index (κ1) is 20.9. The highest BCUT2D eigenvalue weighted by molar-refractivity contribution is 5.94. The Balaban J connectivity index is 1.33.